The first-order valence-electron chi connectivity index (χ1n) is 5.14. The summed E-state index contributed by atoms with van der Waals surface area (Å²) in [7, 11) is 0. The molecule has 0 atom stereocenters. The van der Waals surface area contributed by atoms with Gasteiger partial charge in [-0.25, -0.2) is 0 Å². The molecule has 1 aliphatic carbocycles. The van der Waals surface area contributed by atoms with Gasteiger partial charge in [0.2, 0.25) is 0 Å². The molecule has 0 saturated heterocycles. The molecule has 1 heteroatoms. The molecule has 69 valence electrons. The van der Waals surface area contributed by atoms with Gasteiger partial charge in [0.1, 0.15) is 0 Å². The van der Waals surface area contributed by atoms with Crippen molar-refractivity contribution < 1.29 is 0 Å². The smallest absolute Gasteiger partial charge is 0.0429 e. The lowest BCUT2D eigenvalue weighted by Gasteiger charge is -2.22. The number of hydrogen-bond donors (Lipinski definition) is 1. The molecule has 0 aliphatic heterocycles. The lowest BCUT2D eigenvalue weighted by molar-refractivity contribution is 0.444. The third-order valence-corrected chi connectivity index (χ3v) is 2.97. The molecule has 13 heavy (non-hydrogen) atoms. The van der Waals surface area contributed by atoms with E-state index in [2.05, 4.69) is 12.1 Å². The molecule has 0 spiro atoms. The third kappa shape index (κ3) is 1.85. The van der Waals surface area contributed by atoms with Gasteiger partial charge < -0.3 is 5.73 Å². The van der Waals surface area contributed by atoms with Crippen molar-refractivity contribution in [2.45, 2.75) is 38.0 Å². The van der Waals surface area contributed by atoms with Crippen molar-refractivity contribution in [2.24, 2.45) is 0 Å². The monoisotopic (exact) mass is 174 g/mol. The standard InChI is InChI=1S/C12H16N/c13-12-9-5-4-8-11(12)10-6-2-1-3-7-10/h4-5,8,10H,1-3,6-7,13H2. The first-order chi connectivity index (χ1) is 6.38. The Morgan fingerprint density at radius 3 is 2.69 bits per heavy atom. The normalized spacial score (nSPS) is 18.8. The summed E-state index contributed by atoms with van der Waals surface area (Å²) in [4.78, 5) is 0. The number of benzene rings is 1. The highest BCUT2D eigenvalue weighted by molar-refractivity contribution is 5.47. The van der Waals surface area contributed by atoms with E-state index < -0.39 is 0 Å². The summed E-state index contributed by atoms with van der Waals surface area (Å²) in [6, 6.07) is 9.16. The second-order valence-electron chi connectivity index (χ2n) is 3.87. The maximum absolute atomic E-state index is 5.90. The van der Waals surface area contributed by atoms with Gasteiger partial charge in [0.25, 0.3) is 0 Å². The van der Waals surface area contributed by atoms with E-state index in [1.165, 1.54) is 37.7 Å². The molecule has 0 heterocycles. The molecule has 2 rings (SSSR count). The minimum atomic E-state index is 0.700. The van der Waals surface area contributed by atoms with E-state index in [1.807, 2.05) is 12.1 Å². The highest BCUT2D eigenvalue weighted by Crippen LogP contribution is 2.34. The Balaban J connectivity index is 2.18. The van der Waals surface area contributed by atoms with Crippen molar-refractivity contribution in [3.63, 3.8) is 0 Å². The summed E-state index contributed by atoms with van der Waals surface area (Å²) in [5.74, 6) is 0.700. The second kappa shape index (κ2) is 3.82. The third-order valence-electron chi connectivity index (χ3n) is 2.97. The molecule has 1 aromatic rings. The van der Waals surface area contributed by atoms with Crippen LogP contribution >= 0.6 is 0 Å². The fraction of sp³-hybridized carbons (Fsp3) is 0.500. The first kappa shape index (κ1) is 8.61. The average Bonchev–Trinajstić information content (AvgIpc) is 2.20. The summed E-state index contributed by atoms with van der Waals surface area (Å²) >= 11 is 0. The lowest BCUT2D eigenvalue weighted by atomic mass is 9.83. The molecule has 1 radical (unpaired) electrons. The van der Waals surface area contributed by atoms with Gasteiger partial charge in [-0.1, -0.05) is 37.5 Å². The topological polar surface area (TPSA) is 26.0 Å². The molecule has 1 aromatic carbocycles. The largest absolute Gasteiger partial charge is 0.398 e. The van der Waals surface area contributed by atoms with Crippen LogP contribution in [0.5, 0.6) is 0 Å². The Bertz CT molecular complexity index is 274. The Labute approximate surface area is 80.0 Å². The van der Waals surface area contributed by atoms with E-state index in [4.69, 9.17) is 5.73 Å². The predicted octanol–water partition coefficient (Wildman–Crippen LogP) is 3.12. The zero-order valence-electron chi connectivity index (χ0n) is 7.92. The van der Waals surface area contributed by atoms with E-state index in [9.17, 15) is 0 Å². The van der Waals surface area contributed by atoms with Crippen LogP contribution in [-0.2, 0) is 0 Å². The zero-order valence-corrected chi connectivity index (χ0v) is 7.92. The summed E-state index contributed by atoms with van der Waals surface area (Å²) in [6.45, 7) is 0. The number of nitrogens with two attached hydrogens (primary N) is 1. The van der Waals surface area contributed by atoms with E-state index >= 15 is 0 Å². The maximum Gasteiger partial charge on any atom is 0.0429 e. The van der Waals surface area contributed by atoms with Gasteiger partial charge in [0.15, 0.2) is 0 Å². The Morgan fingerprint density at radius 2 is 2.00 bits per heavy atom. The first-order valence-corrected chi connectivity index (χ1v) is 5.14. The molecule has 2 N–H and O–H groups in total. The molecule has 0 bridgehead atoms. The molecule has 1 aliphatic rings. The Kier molecular flexibility index (Phi) is 2.53. The number of hydrogen-bond acceptors (Lipinski definition) is 1. The van der Waals surface area contributed by atoms with E-state index in [0.29, 0.717) is 5.92 Å². The van der Waals surface area contributed by atoms with Crippen molar-refractivity contribution in [3.05, 3.63) is 29.8 Å². The molecule has 0 unspecified atom stereocenters. The predicted molar refractivity (Wildman–Crippen MR) is 55.5 cm³/mol. The SMILES string of the molecule is Nc1[c]cccc1C1CCCCC1. The lowest BCUT2D eigenvalue weighted by Crippen LogP contribution is -2.06. The maximum atomic E-state index is 5.90. The number of para-hydroxylation sites is 1. The minimum absolute atomic E-state index is 0.700. The van der Waals surface area contributed by atoms with Crippen LogP contribution in [-0.4, -0.2) is 0 Å². The van der Waals surface area contributed by atoms with Crippen molar-refractivity contribution >= 4 is 5.69 Å². The zero-order chi connectivity index (χ0) is 9.10. The summed E-state index contributed by atoms with van der Waals surface area (Å²) < 4.78 is 0. The second-order valence-corrected chi connectivity index (χ2v) is 3.87. The van der Waals surface area contributed by atoms with Crippen LogP contribution in [0, 0.1) is 6.07 Å². The van der Waals surface area contributed by atoms with Crippen LogP contribution in [0.25, 0.3) is 0 Å². The quantitative estimate of drug-likeness (QED) is 0.650. The fourth-order valence-corrected chi connectivity index (χ4v) is 2.23. The van der Waals surface area contributed by atoms with Gasteiger partial charge in [0.05, 0.1) is 0 Å². The van der Waals surface area contributed by atoms with Crippen molar-refractivity contribution in [1.82, 2.24) is 0 Å². The minimum Gasteiger partial charge on any atom is -0.398 e. The summed E-state index contributed by atoms with van der Waals surface area (Å²) in [5.41, 5.74) is 8.07. The molecule has 1 saturated carbocycles. The summed E-state index contributed by atoms with van der Waals surface area (Å²) in [5, 5.41) is 0. The van der Waals surface area contributed by atoms with Gasteiger partial charge in [-0.2, -0.15) is 0 Å². The van der Waals surface area contributed by atoms with Gasteiger partial charge >= 0.3 is 0 Å². The van der Waals surface area contributed by atoms with Crippen LogP contribution in [0.4, 0.5) is 5.69 Å². The van der Waals surface area contributed by atoms with Gasteiger partial charge in [-0.05, 0) is 24.3 Å². The van der Waals surface area contributed by atoms with Crippen molar-refractivity contribution in [2.75, 3.05) is 5.73 Å². The molecular formula is C12H16N. The van der Waals surface area contributed by atoms with Crippen LogP contribution in [0.1, 0.15) is 43.6 Å². The van der Waals surface area contributed by atoms with Crippen LogP contribution in [0.3, 0.4) is 0 Å². The molecule has 0 amide bonds. The Morgan fingerprint density at radius 1 is 1.23 bits per heavy atom. The van der Waals surface area contributed by atoms with Gasteiger partial charge in [-0.15, -0.1) is 0 Å². The number of anilines is 1. The van der Waals surface area contributed by atoms with Crippen molar-refractivity contribution in [3.8, 4) is 0 Å². The van der Waals surface area contributed by atoms with Crippen LogP contribution in [0.15, 0.2) is 18.2 Å². The van der Waals surface area contributed by atoms with Crippen molar-refractivity contribution in [1.29, 1.82) is 0 Å². The highest BCUT2D eigenvalue weighted by atomic mass is 14.6. The van der Waals surface area contributed by atoms with E-state index in [-0.39, 0.29) is 0 Å². The van der Waals surface area contributed by atoms with Gasteiger partial charge in [0, 0.05) is 11.8 Å². The fourth-order valence-electron chi connectivity index (χ4n) is 2.23. The van der Waals surface area contributed by atoms with E-state index in [0.717, 1.165) is 5.69 Å². The van der Waals surface area contributed by atoms with Gasteiger partial charge in [-0.3, -0.25) is 0 Å². The van der Waals surface area contributed by atoms with Crippen LogP contribution in [0.2, 0.25) is 0 Å². The average molecular weight is 174 g/mol. The highest BCUT2D eigenvalue weighted by Gasteiger charge is 2.16. The van der Waals surface area contributed by atoms with Crippen LogP contribution < -0.4 is 5.73 Å². The van der Waals surface area contributed by atoms with E-state index in [1.54, 1.807) is 0 Å². The molecule has 0 aromatic heterocycles. The summed E-state index contributed by atoms with van der Waals surface area (Å²) in [6.07, 6.45) is 6.73. The molecule has 1 nitrogen and oxygen atoms in total. The molecule has 1 fully saturated rings. The number of nitrogen functional groups attached to an aromatic ring is 1. The number of rotatable bonds is 1. The Hall–Kier alpha value is -0.980. The molecular weight excluding hydrogens is 158 g/mol.